The summed E-state index contributed by atoms with van der Waals surface area (Å²) in [6.07, 6.45) is 3.85. The van der Waals surface area contributed by atoms with Gasteiger partial charge in [-0.3, -0.25) is 0 Å². The fourth-order valence-corrected chi connectivity index (χ4v) is 1.86. The second-order valence-corrected chi connectivity index (χ2v) is 4.70. The molecule has 0 aliphatic heterocycles. The fourth-order valence-electron chi connectivity index (χ4n) is 1.75. The molecule has 0 amide bonds. The van der Waals surface area contributed by atoms with Gasteiger partial charge in [0.05, 0.1) is 0 Å². The standard InChI is InChI=1S/C12H16ClN/c1-8-6-10(4-5-11(8)13)12(14)7-9-2-3-9/h4-6,9,12H,2-3,7,14H2,1H3/t12-/m0/s1. The van der Waals surface area contributed by atoms with Crippen molar-refractivity contribution in [3.8, 4) is 0 Å². The number of hydrogen-bond donors (Lipinski definition) is 1. The summed E-state index contributed by atoms with van der Waals surface area (Å²) in [5, 5.41) is 0.826. The lowest BCUT2D eigenvalue weighted by Gasteiger charge is -2.12. The van der Waals surface area contributed by atoms with Gasteiger partial charge in [-0.2, -0.15) is 0 Å². The molecule has 1 saturated carbocycles. The van der Waals surface area contributed by atoms with Crippen LogP contribution in [0.15, 0.2) is 18.2 Å². The molecule has 1 fully saturated rings. The summed E-state index contributed by atoms with van der Waals surface area (Å²) in [7, 11) is 0. The number of rotatable bonds is 3. The first-order valence-corrected chi connectivity index (χ1v) is 5.56. The first-order valence-electron chi connectivity index (χ1n) is 5.18. The van der Waals surface area contributed by atoms with E-state index in [-0.39, 0.29) is 6.04 Å². The molecule has 0 saturated heterocycles. The van der Waals surface area contributed by atoms with Crippen molar-refractivity contribution < 1.29 is 0 Å². The largest absolute Gasteiger partial charge is 0.324 e. The van der Waals surface area contributed by atoms with Gasteiger partial charge in [0, 0.05) is 11.1 Å². The van der Waals surface area contributed by atoms with E-state index in [1.54, 1.807) is 0 Å². The third-order valence-electron chi connectivity index (χ3n) is 2.89. The SMILES string of the molecule is Cc1cc([C@@H](N)CC2CC2)ccc1Cl. The Morgan fingerprint density at radius 3 is 2.79 bits per heavy atom. The number of aryl methyl sites for hydroxylation is 1. The zero-order valence-corrected chi connectivity index (χ0v) is 9.22. The Kier molecular flexibility index (Phi) is 2.80. The number of nitrogens with two attached hydrogens (primary N) is 1. The Bertz CT molecular complexity index is 331. The second kappa shape index (κ2) is 3.92. The average Bonchev–Trinajstić information content (AvgIpc) is 2.93. The van der Waals surface area contributed by atoms with Crippen molar-refractivity contribution in [2.75, 3.05) is 0 Å². The van der Waals surface area contributed by atoms with Crippen LogP contribution < -0.4 is 5.73 Å². The number of halogens is 1. The van der Waals surface area contributed by atoms with Gasteiger partial charge in [0.2, 0.25) is 0 Å². The van der Waals surface area contributed by atoms with Crippen LogP contribution in [0.5, 0.6) is 0 Å². The summed E-state index contributed by atoms with van der Waals surface area (Å²) in [6, 6.07) is 6.29. The third kappa shape index (κ3) is 2.28. The average molecular weight is 210 g/mol. The molecule has 76 valence electrons. The van der Waals surface area contributed by atoms with Crippen LogP contribution in [0.2, 0.25) is 5.02 Å². The Morgan fingerprint density at radius 2 is 2.21 bits per heavy atom. The van der Waals surface area contributed by atoms with Crippen LogP contribution in [0.25, 0.3) is 0 Å². The Labute approximate surface area is 90.3 Å². The molecular formula is C12H16ClN. The van der Waals surface area contributed by atoms with Crippen LogP contribution in [-0.4, -0.2) is 0 Å². The van der Waals surface area contributed by atoms with E-state index in [1.165, 1.54) is 18.4 Å². The van der Waals surface area contributed by atoms with E-state index >= 15 is 0 Å². The lowest BCUT2D eigenvalue weighted by atomic mass is 10.0. The smallest absolute Gasteiger partial charge is 0.0435 e. The van der Waals surface area contributed by atoms with Gasteiger partial charge < -0.3 is 5.73 Å². The minimum atomic E-state index is 0.193. The zero-order chi connectivity index (χ0) is 10.1. The van der Waals surface area contributed by atoms with Gasteiger partial charge in [-0.1, -0.05) is 36.6 Å². The highest BCUT2D eigenvalue weighted by Gasteiger charge is 2.24. The third-order valence-corrected chi connectivity index (χ3v) is 3.32. The molecule has 2 N–H and O–H groups in total. The van der Waals surface area contributed by atoms with Crippen molar-refractivity contribution in [3.63, 3.8) is 0 Å². The minimum absolute atomic E-state index is 0.193. The highest BCUT2D eigenvalue weighted by molar-refractivity contribution is 6.31. The normalized spacial score (nSPS) is 18.2. The highest BCUT2D eigenvalue weighted by atomic mass is 35.5. The summed E-state index contributed by atoms with van der Waals surface area (Å²) < 4.78 is 0. The Hall–Kier alpha value is -0.530. The van der Waals surface area contributed by atoms with Gasteiger partial charge in [-0.25, -0.2) is 0 Å². The van der Waals surface area contributed by atoms with Gasteiger partial charge in [0.15, 0.2) is 0 Å². The Morgan fingerprint density at radius 1 is 1.50 bits per heavy atom. The lowest BCUT2D eigenvalue weighted by molar-refractivity contribution is 0.597. The molecule has 2 rings (SSSR count). The lowest BCUT2D eigenvalue weighted by Crippen LogP contribution is -2.11. The second-order valence-electron chi connectivity index (χ2n) is 4.29. The maximum absolute atomic E-state index is 6.11. The van der Waals surface area contributed by atoms with Gasteiger partial charge >= 0.3 is 0 Å². The van der Waals surface area contributed by atoms with Crippen molar-refractivity contribution in [1.29, 1.82) is 0 Å². The van der Waals surface area contributed by atoms with Gasteiger partial charge in [-0.05, 0) is 36.5 Å². The predicted molar refractivity (Wildman–Crippen MR) is 60.5 cm³/mol. The summed E-state index contributed by atoms with van der Waals surface area (Å²) in [6.45, 7) is 2.02. The first kappa shape index (κ1) is 10.0. The Balaban J connectivity index is 2.10. The molecule has 1 aliphatic rings. The maximum atomic E-state index is 6.11. The van der Waals surface area contributed by atoms with Gasteiger partial charge in [-0.15, -0.1) is 0 Å². The van der Waals surface area contributed by atoms with E-state index < -0.39 is 0 Å². The number of benzene rings is 1. The van der Waals surface area contributed by atoms with Crippen LogP contribution >= 0.6 is 11.6 Å². The molecule has 0 spiro atoms. The zero-order valence-electron chi connectivity index (χ0n) is 8.46. The molecule has 0 unspecified atom stereocenters. The topological polar surface area (TPSA) is 26.0 Å². The van der Waals surface area contributed by atoms with E-state index in [4.69, 9.17) is 17.3 Å². The molecule has 0 bridgehead atoms. The molecule has 1 aromatic carbocycles. The molecule has 0 heterocycles. The molecule has 1 aliphatic carbocycles. The quantitative estimate of drug-likeness (QED) is 0.811. The molecule has 1 atom stereocenters. The molecule has 1 aromatic rings. The summed E-state index contributed by atoms with van der Waals surface area (Å²) >= 11 is 5.96. The first-order chi connectivity index (χ1) is 6.66. The molecule has 0 aromatic heterocycles. The van der Waals surface area contributed by atoms with Crippen LogP contribution in [0.4, 0.5) is 0 Å². The minimum Gasteiger partial charge on any atom is -0.324 e. The van der Waals surface area contributed by atoms with Crippen LogP contribution in [-0.2, 0) is 0 Å². The predicted octanol–water partition coefficient (Wildman–Crippen LogP) is 3.45. The van der Waals surface area contributed by atoms with Crippen LogP contribution in [0.1, 0.15) is 36.4 Å². The summed E-state index contributed by atoms with van der Waals surface area (Å²) in [5.41, 5.74) is 8.45. The maximum Gasteiger partial charge on any atom is 0.0435 e. The highest BCUT2D eigenvalue weighted by Crippen LogP contribution is 2.37. The molecule has 0 radical (unpaired) electrons. The van der Waals surface area contributed by atoms with E-state index in [1.807, 2.05) is 19.1 Å². The molecule has 14 heavy (non-hydrogen) atoms. The monoisotopic (exact) mass is 209 g/mol. The van der Waals surface area contributed by atoms with E-state index in [2.05, 4.69) is 6.07 Å². The van der Waals surface area contributed by atoms with E-state index in [0.29, 0.717) is 0 Å². The molecule has 1 nitrogen and oxygen atoms in total. The van der Waals surface area contributed by atoms with Crippen molar-refractivity contribution in [2.24, 2.45) is 11.7 Å². The van der Waals surface area contributed by atoms with Gasteiger partial charge in [0.25, 0.3) is 0 Å². The van der Waals surface area contributed by atoms with Crippen LogP contribution in [0, 0.1) is 12.8 Å². The van der Waals surface area contributed by atoms with Crippen molar-refractivity contribution in [3.05, 3.63) is 34.3 Å². The number of hydrogen-bond acceptors (Lipinski definition) is 1. The van der Waals surface area contributed by atoms with E-state index in [9.17, 15) is 0 Å². The molecular weight excluding hydrogens is 194 g/mol. The summed E-state index contributed by atoms with van der Waals surface area (Å²) in [5.74, 6) is 0.876. The van der Waals surface area contributed by atoms with Crippen LogP contribution in [0.3, 0.4) is 0 Å². The van der Waals surface area contributed by atoms with E-state index in [0.717, 1.165) is 22.9 Å². The van der Waals surface area contributed by atoms with Crippen molar-refractivity contribution in [2.45, 2.75) is 32.2 Å². The van der Waals surface area contributed by atoms with Gasteiger partial charge in [0.1, 0.15) is 0 Å². The summed E-state index contributed by atoms with van der Waals surface area (Å²) in [4.78, 5) is 0. The van der Waals surface area contributed by atoms with Crippen molar-refractivity contribution >= 4 is 11.6 Å². The van der Waals surface area contributed by atoms with Crippen molar-refractivity contribution in [1.82, 2.24) is 0 Å². The fraction of sp³-hybridized carbons (Fsp3) is 0.500. The molecule has 2 heteroatoms.